The number of esters is 1. The largest absolute Gasteiger partial charge is 0.463 e. The fourth-order valence-electron chi connectivity index (χ4n) is 7.48. The number of carbonyl (C=O) groups excluding carboxylic acids is 2. The minimum Gasteiger partial charge on any atom is -0.463 e. The summed E-state index contributed by atoms with van der Waals surface area (Å²) >= 11 is 0. The van der Waals surface area contributed by atoms with Crippen molar-refractivity contribution in [3.63, 3.8) is 0 Å². The molecule has 0 amide bonds. The van der Waals surface area contributed by atoms with E-state index in [1.165, 1.54) is 31.8 Å². The van der Waals surface area contributed by atoms with E-state index >= 15 is 0 Å². The Morgan fingerprint density at radius 1 is 1.16 bits per heavy atom. The van der Waals surface area contributed by atoms with Crippen LogP contribution in [-0.4, -0.2) is 17.9 Å². The molecule has 3 heteroatoms. The predicted octanol–water partition coefficient (Wildman–Crippen LogP) is 7.53. The summed E-state index contributed by atoms with van der Waals surface area (Å²) in [6.45, 7) is 13.3. The summed E-state index contributed by atoms with van der Waals surface area (Å²) in [5.41, 5.74) is 1.71. The first-order chi connectivity index (χ1) is 15.1. The number of hydrogen-bond donors (Lipinski definition) is 0. The third-order valence-corrected chi connectivity index (χ3v) is 9.50. The van der Waals surface area contributed by atoms with Gasteiger partial charge in [0.2, 0.25) is 0 Å². The zero-order valence-electron chi connectivity index (χ0n) is 21.6. The standard InChI is InChI=1S/C29H48O3/c1-19(2)8-7-9-20(3)25-13-15-28(31)26-12-11-23-18-24(32-22(5)30)16-17-29(23,6)27(26)14-10-21(25)4/h10,19-20,23-27H,7-9,11-18H2,1-6H3/b21-10-/t20-,23+,24+,25-,26-,27+,29+/m1/s1. The minimum absolute atomic E-state index is 0.0718. The first-order valence-corrected chi connectivity index (χ1v) is 13.5. The van der Waals surface area contributed by atoms with E-state index in [1.807, 2.05) is 0 Å². The number of fused-ring (bicyclic) bond motifs is 3. The molecule has 32 heavy (non-hydrogen) atoms. The molecule has 0 N–H and O–H groups in total. The molecule has 0 radical (unpaired) electrons. The van der Waals surface area contributed by atoms with Crippen molar-refractivity contribution in [1.29, 1.82) is 0 Å². The fourth-order valence-corrected chi connectivity index (χ4v) is 7.48. The molecular weight excluding hydrogens is 396 g/mol. The van der Waals surface area contributed by atoms with Crippen LogP contribution in [0, 0.1) is 40.9 Å². The van der Waals surface area contributed by atoms with E-state index < -0.39 is 0 Å². The van der Waals surface area contributed by atoms with E-state index in [0.29, 0.717) is 29.5 Å². The molecule has 0 aromatic heterocycles. The highest BCUT2D eigenvalue weighted by Crippen LogP contribution is 2.57. The van der Waals surface area contributed by atoms with Gasteiger partial charge in [-0.05, 0) is 86.9 Å². The Balaban J connectivity index is 1.74. The van der Waals surface area contributed by atoms with Crippen molar-refractivity contribution < 1.29 is 14.3 Å². The van der Waals surface area contributed by atoms with Crippen LogP contribution in [0.3, 0.4) is 0 Å². The molecule has 0 aromatic carbocycles. The first kappa shape index (κ1) is 25.5. The van der Waals surface area contributed by atoms with Crippen molar-refractivity contribution in [3.05, 3.63) is 11.6 Å². The molecule has 182 valence electrons. The van der Waals surface area contributed by atoms with Gasteiger partial charge in [0, 0.05) is 19.3 Å². The van der Waals surface area contributed by atoms with Gasteiger partial charge in [-0.15, -0.1) is 0 Å². The molecule has 3 aliphatic rings. The highest BCUT2D eigenvalue weighted by atomic mass is 16.5. The molecular formula is C29H48O3. The summed E-state index contributed by atoms with van der Waals surface area (Å²) < 4.78 is 5.59. The minimum atomic E-state index is -0.156. The van der Waals surface area contributed by atoms with Crippen LogP contribution >= 0.6 is 0 Å². The van der Waals surface area contributed by atoms with Crippen molar-refractivity contribution in [2.45, 2.75) is 118 Å². The van der Waals surface area contributed by atoms with Gasteiger partial charge in [-0.25, -0.2) is 0 Å². The molecule has 0 aliphatic heterocycles. The lowest BCUT2D eigenvalue weighted by molar-refractivity contribution is -0.155. The molecule has 2 saturated carbocycles. The number of ether oxygens (including phenoxy) is 1. The van der Waals surface area contributed by atoms with Gasteiger partial charge in [-0.3, -0.25) is 9.59 Å². The second kappa shape index (κ2) is 10.9. The van der Waals surface area contributed by atoms with Crippen LogP contribution in [0.15, 0.2) is 11.6 Å². The molecule has 2 fully saturated rings. The summed E-state index contributed by atoms with van der Waals surface area (Å²) in [6.07, 6.45) is 14.4. The number of allylic oxidation sites excluding steroid dienone is 2. The second-order valence-electron chi connectivity index (χ2n) is 12.1. The first-order valence-electron chi connectivity index (χ1n) is 13.5. The third-order valence-electron chi connectivity index (χ3n) is 9.50. The van der Waals surface area contributed by atoms with Gasteiger partial charge in [0.15, 0.2) is 0 Å². The van der Waals surface area contributed by atoms with Crippen LogP contribution in [0.4, 0.5) is 0 Å². The number of carbonyl (C=O) groups is 2. The average molecular weight is 445 g/mol. The van der Waals surface area contributed by atoms with Gasteiger partial charge < -0.3 is 4.74 Å². The maximum Gasteiger partial charge on any atom is 0.302 e. The van der Waals surface area contributed by atoms with E-state index in [2.05, 4.69) is 40.7 Å². The highest BCUT2D eigenvalue weighted by molar-refractivity contribution is 5.81. The van der Waals surface area contributed by atoms with Gasteiger partial charge >= 0.3 is 5.97 Å². The quantitative estimate of drug-likeness (QED) is 0.314. The fraction of sp³-hybridized carbons (Fsp3) is 0.862. The average Bonchev–Trinajstić information content (AvgIpc) is 2.77. The maximum atomic E-state index is 13.5. The molecule has 0 saturated heterocycles. The van der Waals surface area contributed by atoms with Crippen molar-refractivity contribution >= 4 is 11.8 Å². The van der Waals surface area contributed by atoms with Crippen LogP contribution in [-0.2, 0) is 14.3 Å². The molecule has 3 rings (SSSR count). The van der Waals surface area contributed by atoms with E-state index in [4.69, 9.17) is 4.74 Å². The molecule has 3 aliphatic carbocycles. The monoisotopic (exact) mass is 444 g/mol. The Hall–Kier alpha value is -1.12. The van der Waals surface area contributed by atoms with Crippen LogP contribution in [0.25, 0.3) is 0 Å². The van der Waals surface area contributed by atoms with Crippen molar-refractivity contribution in [3.8, 4) is 0 Å². The van der Waals surface area contributed by atoms with E-state index in [1.54, 1.807) is 0 Å². The van der Waals surface area contributed by atoms with E-state index in [9.17, 15) is 9.59 Å². The lowest BCUT2D eigenvalue weighted by Crippen LogP contribution is -2.50. The molecule has 0 aromatic rings. The predicted molar refractivity (Wildman–Crippen MR) is 131 cm³/mol. The number of Topliss-reactive ketones (excluding diaryl/α,β-unsaturated/α-hetero) is 1. The Morgan fingerprint density at radius 2 is 1.91 bits per heavy atom. The van der Waals surface area contributed by atoms with Crippen molar-refractivity contribution in [2.75, 3.05) is 0 Å². The summed E-state index contributed by atoms with van der Waals surface area (Å²) in [5.74, 6) is 3.58. The maximum absolute atomic E-state index is 13.5. The SMILES string of the molecule is CC(=O)O[C@H]1CC[C@@]2(C)[C@@H](CC[C@H]3C(=O)CC[C@H]([C@H](C)CCCC(C)C)/C(C)=C\C[C@@H]32)C1. The van der Waals surface area contributed by atoms with Gasteiger partial charge in [-0.2, -0.15) is 0 Å². The number of ketones is 1. The van der Waals surface area contributed by atoms with Gasteiger partial charge in [0.05, 0.1) is 0 Å². The lowest BCUT2D eigenvalue weighted by Gasteiger charge is -2.54. The van der Waals surface area contributed by atoms with Gasteiger partial charge in [-0.1, -0.05) is 58.6 Å². The zero-order chi connectivity index (χ0) is 23.5. The second-order valence-corrected chi connectivity index (χ2v) is 12.1. The normalized spacial score (nSPS) is 38.4. The van der Waals surface area contributed by atoms with Crippen LogP contribution in [0.2, 0.25) is 0 Å². The van der Waals surface area contributed by atoms with Gasteiger partial charge in [0.25, 0.3) is 0 Å². The highest BCUT2D eigenvalue weighted by Gasteiger charge is 2.52. The Kier molecular flexibility index (Phi) is 8.66. The van der Waals surface area contributed by atoms with E-state index in [-0.39, 0.29) is 23.4 Å². The Labute approximate surface area is 197 Å². The van der Waals surface area contributed by atoms with Crippen LogP contribution in [0.5, 0.6) is 0 Å². The number of rotatable bonds is 6. The molecule has 0 heterocycles. The van der Waals surface area contributed by atoms with Crippen molar-refractivity contribution in [1.82, 2.24) is 0 Å². The molecule has 0 spiro atoms. The third kappa shape index (κ3) is 5.86. The van der Waals surface area contributed by atoms with Crippen molar-refractivity contribution in [2.24, 2.45) is 40.9 Å². The zero-order valence-corrected chi connectivity index (χ0v) is 21.6. The summed E-state index contributed by atoms with van der Waals surface area (Å²) in [5, 5.41) is 0. The lowest BCUT2D eigenvalue weighted by atomic mass is 9.51. The summed E-state index contributed by atoms with van der Waals surface area (Å²) in [4.78, 5) is 25.0. The van der Waals surface area contributed by atoms with Crippen LogP contribution in [0.1, 0.15) is 112 Å². The molecule has 0 bridgehead atoms. The summed E-state index contributed by atoms with van der Waals surface area (Å²) in [7, 11) is 0. The Morgan fingerprint density at radius 3 is 2.59 bits per heavy atom. The van der Waals surface area contributed by atoms with E-state index in [0.717, 1.165) is 57.3 Å². The topological polar surface area (TPSA) is 43.4 Å². The van der Waals surface area contributed by atoms with Gasteiger partial charge in [0.1, 0.15) is 11.9 Å². The molecule has 0 unspecified atom stereocenters. The smallest absolute Gasteiger partial charge is 0.302 e. The molecule has 7 atom stereocenters. The Bertz CT molecular complexity index is 693. The molecule has 3 nitrogen and oxygen atoms in total. The number of hydrogen-bond acceptors (Lipinski definition) is 3. The summed E-state index contributed by atoms with van der Waals surface area (Å²) in [6, 6.07) is 0. The van der Waals surface area contributed by atoms with Crippen LogP contribution < -0.4 is 0 Å².